The molecule has 2 N–H and O–H groups in total. The van der Waals surface area contributed by atoms with Crippen molar-refractivity contribution in [1.29, 1.82) is 0 Å². The maximum absolute atomic E-state index is 11.0. The number of rotatable bonds is 2. The molecule has 80 valence electrons. The van der Waals surface area contributed by atoms with Crippen molar-refractivity contribution in [2.75, 3.05) is 11.9 Å². The van der Waals surface area contributed by atoms with Crippen LogP contribution in [0.4, 0.5) is 5.82 Å². The molecule has 0 radical (unpaired) electrons. The fourth-order valence-corrected chi connectivity index (χ4v) is 1.71. The lowest BCUT2D eigenvalue weighted by atomic mass is 10.2. The zero-order valence-electron chi connectivity index (χ0n) is 8.87. The lowest BCUT2D eigenvalue weighted by molar-refractivity contribution is -0.119. The maximum Gasteiger partial charge on any atom is 0.222 e. The van der Waals surface area contributed by atoms with Crippen molar-refractivity contribution in [3.8, 4) is 0 Å². The summed E-state index contributed by atoms with van der Waals surface area (Å²) in [5, 5.41) is 5.99. The van der Waals surface area contributed by atoms with Crippen LogP contribution in [0.3, 0.4) is 0 Å². The number of carbonyl (C=O) groups excluding carboxylic acids is 1. The molecule has 1 fully saturated rings. The third kappa shape index (κ3) is 2.43. The van der Waals surface area contributed by atoms with Gasteiger partial charge in [0.05, 0.1) is 6.04 Å². The zero-order chi connectivity index (χ0) is 10.8. The molecule has 0 bridgehead atoms. The summed E-state index contributed by atoms with van der Waals surface area (Å²) in [5.41, 5.74) is 0.933. The van der Waals surface area contributed by atoms with Gasteiger partial charge in [-0.1, -0.05) is 0 Å². The Hall–Kier alpha value is -1.65. The van der Waals surface area contributed by atoms with E-state index >= 15 is 0 Å². The van der Waals surface area contributed by atoms with Crippen molar-refractivity contribution < 1.29 is 4.79 Å². The molecule has 1 saturated heterocycles. The van der Waals surface area contributed by atoms with Crippen LogP contribution < -0.4 is 10.6 Å². The second-order valence-corrected chi connectivity index (χ2v) is 3.79. The molecule has 1 aromatic heterocycles. The van der Waals surface area contributed by atoms with Crippen LogP contribution in [-0.2, 0) is 4.79 Å². The molecular weight excluding hydrogens is 192 g/mol. The van der Waals surface area contributed by atoms with E-state index in [9.17, 15) is 4.79 Å². The van der Waals surface area contributed by atoms with Gasteiger partial charge in [-0.2, -0.15) is 0 Å². The highest BCUT2D eigenvalue weighted by Gasteiger charge is 2.21. The minimum absolute atomic E-state index is 0.0926. The number of carbonyl (C=O) groups is 1. The predicted octanol–water partition coefficient (Wildman–Crippen LogP) is 0.394. The van der Waals surface area contributed by atoms with Crippen LogP contribution in [0.2, 0.25) is 0 Å². The van der Waals surface area contributed by atoms with E-state index in [0.717, 1.165) is 17.3 Å². The first-order valence-corrected chi connectivity index (χ1v) is 4.99. The summed E-state index contributed by atoms with van der Waals surface area (Å²) >= 11 is 0. The van der Waals surface area contributed by atoms with Crippen LogP contribution in [0.25, 0.3) is 0 Å². The molecule has 15 heavy (non-hydrogen) atoms. The molecule has 0 aliphatic carbocycles. The molecule has 0 spiro atoms. The number of nitrogens with zero attached hydrogens (tertiary/aromatic N) is 2. The fraction of sp³-hybridized carbons (Fsp3) is 0.500. The molecule has 2 rings (SSSR count). The van der Waals surface area contributed by atoms with Crippen LogP contribution in [0.15, 0.2) is 6.07 Å². The van der Waals surface area contributed by atoms with E-state index in [1.54, 1.807) is 0 Å². The van der Waals surface area contributed by atoms with Gasteiger partial charge in [-0.25, -0.2) is 9.97 Å². The van der Waals surface area contributed by atoms with Crippen LogP contribution in [0.5, 0.6) is 0 Å². The monoisotopic (exact) mass is 206 g/mol. The fourth-order valence-electron chi connectivity index (χ4n) is 1.71. The highest BCUT2D eigenvalue weighted by molar-refractivity contribution is 5.79. The van der Waals surface area contributed by atoms with Gasteiger partial charge in [-0.05, 0) is 13.8 Å². The first-order valence-electron chi connectivity index (χ1n) is 4.99. The van der Waals surface area contributed by atoms with Crippen molar-refractivity contribution in [2.45, 2.75) is 26.3 Å². The Kier molecular flexibility index (Phi) is 2.53. The average Bonchev–Trinajstić information content (AvgIpc) is 2.49. The van der Waals surface area contributed by atoms with E-state index in [4.69, 9.17) is 0 Å². The minimum atomic E-state index is 0.0926. The van der Waals surface area contributed by atoms with Gasteiger partial charge in [0.25, 0.3) is 0 Å². The number of hydrogen-bond donors (Lipinski definition) is 2. The van der Waals surface area contributed by atoms with Gasteiger partial charge in [0.15, 0.2) is 0 Å². The second-order valence-electron chi connectivity index (χ2n) is 3.79. The van der Waals surface area contributed by atoms with E-state index in [0.29, 0.717) is 13.0 Å². The maximum atomic E-state index is 11.0. The molecule has 1 atom stereocenters. The standard InChI is InChI=1S/C10H14N4O/c1-6-3-9(13-7(2)12-6)14-8-4-10(15)11-5-8/h3,8H,4-5H2,1-2H3,(H,11,15)(H,12,13,14). The summed E-state index contributed by atoms with van der Waals surface area (Å²) in [7, 11) is 0. The lowest BCUT2D eigenvalue weighted by Gasteiger charge is -2.11. The molecule has 1 unspecified atom stereocenters. The van der Waals surface area contributed by atoms with E-state index < -0.39 is 0 Å². The lowest BCUT2D eigenvalue weighted by Crippen LogP contribution is -2.23. The number of aromatic nitrogens is 2. The first-order chi connectivity index (χ1) is 7.13. The number of anilines is 1. The molecule has 1 aliphatic rings. The van der Waals surface area contributed by atoms with Crippen molar-refractivity contribution in [3.05, 3.63) is 17.6 Å². The Morgan fingerprint density at radius 3 is 2.87 bits per heavy atom. The van der Waals surface area contributed by atoms with Crippen molar-refractivity contribution in [1.82, 2.24) is 15.3 Å². The van der Waals surface area contributed by atoms with Crippen molar-refractivity contribution in [2.24, 2.45) is 0 Å². The Bertz CT molecular complexity index is 371. The van der Waals surface area contributed by atoms with Gasteiger partial charge < -0.3 is 10.6 Å². The summed E-state index contributed by atoms with van der Waals surface area (Å²) in [6, 6.07) is 2.03. The van der Waals surface area contributed by atoms with Gasteiger partial charge in [0, 0.05) is 24.7 Å². The quantitative estimate of drug-likeness (QED) is 0.734. The number of hydrogen-bond acceptors (Lipinski definition) is 4. The number of amides is 1. The second kappa shape index (κ2) is 3.84. The molecule has 5 nitrogen and oxygen atoms in total. The van der Waals surface area contributed by atoms with Crippen molar-refractivity contribution >= 4 is 11.7 Å². The van der Waals surface area contributed by atoms with E-state index in [-0.39, 0.29) is 11.9 Å². The Labute approximate surface area is 88.3 Å². The molecule has 0 aromatic carbocycles. The summed E-state index contributed by atoms with van der Waals surface area (Å²) in [6.07, 6.45) is 0.516. The largest absolute Gasteiger partial charge is 0.365 e. The Morgan fingerprint density at radius 2 is 2.27 bits per heavy atom. The topological polar surface area (TPSA) is 66.9 Å². The normalized spacial score (nSPS) is 20.1. The minimum Gasteiger partial charge on any atom is -0.365 e. The van der Waals surface area contributed by atoms with Crippen LogP contribution in [-0.4, -0.2) is 28.5 Å². The van der Waals surface area contributed by atoms with E-state index in [1.807, 2.05) is 19.9 Å². The number of aryl methyl sites for hydroxylation is 2. The van der Waals surface area contributed by atoms with Gasteiger partial charge in [-0.3, -0.25) is 4.79 Å². The highest BCUT2D eigenvalue weighted by atomic mass is 16.1. The summed E-state index contributed by atoms with van der Waals surface area (Å²) in [4.78, 5) is 19.4. The first kappa shape index (κ1) is 9.89. The van der Waals surface area contributed by atoms with Gasteiger partial charge in [0.1, 0.15) is 11.6 Å². The summed E-state index contributed by atoms with van der Waals surface area (Å²) < 4.78 is 0. The summed E-state index contributed by atoms with van der Waals surface area (Å²) in [5.74, 6) is 1.63. The molecule has 0 saturated carbocycles. The van der Waals surface area contributed by atoms with Crippen LogP contribution in [0, 0.1) is 13.8 Å². The predicted molar refractivity (Wildman–Crippen MR) is 56.5 cm³/mol. The van der Waals surface area contributed by atoms with E-state index in [1.165, 1.54) is 0 Å². The van der Waals surface area contributed by atoms with Crippen LogP contribution >= 0.6 is 0 Å². The smallest absolute Gasteiger partial charge is 0.222 e. The highest BCUT2D eigenvalue weighted by Crippen LogP contribution is 2.10. The Balaban J connectivity index is 2.07. The SMILES string of the molecule is Cc1cc(NC2CNC(=O)C2)nc(C)n1. The average molecular weight is 206 g/mol. The molecule has 1 aliphatic heterocycles. The zero-order valence-corrected chi connectivity index (χ0v) is 8.87. The molecule has 1 amide bonds. The molecule has 5 heteroatoms. The van der Waals surface area contributed by atoms with Gasteiger partial charge >= 0.3 is 0 Å². The Morgan fingerprint density at radius 1 is 1.47 bits per heavy atom. The molecule has 2 heterocycles. The molecular formula is C10H14N4O. The summed E-state index contributed by atoms with van der Waals surface area (Å²) in [6.45, 7) is 4.45. The van der Waals surface area contributed by atoms with Gasteiger partial charge in [-0.15, -0.1) is 0 Å². The van der Waals surface area contributed by atoms with Gasteiger partial charge in [0.2, 0.25) is 5.91 Å². The van der Waals surface area contributed by atoms with E-state index in [2.05, 4.69) is 20.6 Å². The van der Waals surface area contributed by atoms with Crippen molar-refractivity contribution in [3.63, 3.8) is 0 Å². The molecule has 1 aromatic rings. The third-order valence-electron chi connectivity index (χ3n) is 2.30. The van der Waals surface area contributed by atoms with Crippen LogP contribution in [0.1, 0.15) is 17.9 Å². The third-order valence-corrected chi connectivity index (χ3v) is 2.30. The number of nitrogens with one attached hydrogen (secondary N) is 2.